The molecule has 0 aliphatic rings. The van der Waals surface area contributed by atoms with Crippen molar-refractivity contribution in [3.63, 3.8) is 0 Å². The minimum Gasteiger partial charge on any atom is -0.396 e. The van der Waals surface area contributed by atoms with Gasteiger partial charge in [0.05, 0.1) is 11.3 Å². The third-order valence-corrected chi connectivity index (χ3v) is 3.18. The number of hydrogen-bond acceptors (Lipinski definition) is 3. The van der Waals surface area contributed by atoms with Crippen molar-refractivity contribution >= 4 is 5.71 Å². The topological polar surface area (TPSA) is 70.4 Å². The van der Waals surface area contributed by atoms with Gasteiger partial charge in [0.2, 0.25) is 0 Å². The molecule has 0 atom stereocenters. The van der Waals surface area contributed by atoms with E-state index in [0.29, 0.717) is 35.6 Å². The molecular formula is C15H18FN3O2. The van der Waals surface area contributed by atoms with Crippen molar-refractivity contribution in [1.82, 2.24) is 9.78 Å². The molecule has 0 fully saturated rings. The molecule has 112 valence electrons. The summed E-state index contributed by atoms with van der Waals surface area (Å²) in [5.41, 5.74) is 2.19. The highest BCUT2D eigenvalue weighted by Crippen LogP contribution is 2.09. The summed E-state index contributed by atoms with van der Waals surface area (Å²) in [6, 6.07) is 5.68. The van der Waals surface area contributed by atoms with Gasteiger partial charge in [0.25, 0.3) is 5.56 Å². The first-order chi connectivity index (χ1) is 10.0. The Balaban J connectivity index is 2.40. The van der Waals surface area contributed by atoms with E-state index in [1.165, 1.54) is 28.9 Å². The van der Waals surface area contributed by atoms with E-state index in [1.54, 1.807) is 13.8 Å². The molecule has 0 saturated carbocycles. The largest absolute Gasteiger partial charge is 0.396 e. The van der Waals surface area contributed by atoms with Gasteiger partial charge < -0.3 is 5.11 Å². The number of aliphatic hydroxyl groups is 1. The molecule has 0 amide bonds. The molecule has 0 spiro atoms. The number of halogens is 1. The maximum atomic E-state index is 13.0. The number of nitrogens with one attached hydrogen (secondary N) is 1. The molecule has 5 nitrogen and oxygen atoms in total. The van der Waals surface area contributed by atoms with Crippen molar-refractivity contribution in [2.75, 3.05) is 13.2 Å². The molecule has 0 bridgehead atoms. The van der Waals surface area contributed by atoms with E-state index in [1.807, 2.05) is 0 Å². The van der Waals surface area contributed by atoms with E-state index in [9.17, 15) is 9.18 Å². The lowest BCUT2D eigenvalue weighted by Gasteiger charge is -2.00. The van der Waals surface area contributed by atoms with Crippen LogP contribution in [-0.2, 0) is 0 Å². The van der Waals surface area contributed by atoms with Gasteiger partial charge in [0, 0.05) is 24.6 Å². The Morgan fingerprint density at radius 1 is 1.38 bits per heavy atom. The predicted octanol–water partition coefficient (Wildman–Crippen LogP) is 1.80. The molecule has 0 aliphatic carbocycles. The minimum atomic E-state index is -0.350. The second-order valence-electron chi connectivity index (χ2n) is 4.77. The first kappa shape index (κ1) is 15.2. The van der Waals surface area contributed by atoms with Crippen LogP contribution < -0.4 is 5.56 Å². The third-order valence-electron chi connectivity index (χ3n) is 3.18. The molecular weight excluding hydrogens is 273 g/mol. The Morgan fingerprint density at radius 3 is 2.67 bits per heavy atom. The molecule has 6 heteroatoms. The van der Waals surface area contributed by atoms with Gasteiger partial charge >= 0.3 is 0 Å². The molecule has 1 aromatic carbocycles. The summed E-state index contributed by atoms with van der Waals surface area (Å²) >= 11 is 0. The summed E-state index contributed by atoms with van der Waals surface area (Å²) < 4.78 is 14.3. The molecule has 2 rings (SSSR count). The first-order valence-corrected chi connectivity index (χ1v) is 6.74. The van der Waals surface area contributed by atoms with Gasteiger partial charge in [-0.25, -0.2) is 9.07 Å². The quantitative estimate of drug-likeness (QED) is 0.651. The molecule has 0 aliphatic heterocycles. The lowest BCUT2D eigenvalue weighted by molar-refractivity contribution is 0.291. The molecule has 21 heavy (non-hydrogen) atoms. The Hall–Kier alpha value is -2.21. The lowest BCUT2D eigenvalue weighted by atomic mass is 10.2. The lowest BCUT2D eigenvalue weighted by Crippen LogP contribution is -2.19. The van der Waals surface area contributed by atoms with E-state index < -0.39 is 0 Å². The van der Waals surface area contributed by atoms with Gasteiger partial charge in [0.1, 0.15) is 5.82 Å². The van der Waals surface area contributed by atoms with Gasteiger partial charge in [-0.1, -0.05) is 0 Å². The number of H-pyrrole nitrogens is 1. The van der Waals surface area contributed by atoms with E-state index >= 15 is 0 Å². The smallest absolute Gasteiger partial charge is 0.280 e. The molecule has 1 aromatic heterocycles. The van der Waals surface area contributed by atoms with Gasteiger partial charge in [-0.05, 0) is 44.5 Å². The summed E-state index contributed by atoms with van der Waals surface area (Å²) in [6.45, 7) is 4.11. The van der Waals surface area contributed by atoms with Gasteiger partial charge in [-0.2, -0.15) is 0 Å². The third kappa shape index (κ3) is 3.28. The zero-order valence-corrected chi connectivity index (χ0v) is 12.1. The van der Waals surface area contributed by atoms with Gasteiger partial charge in [0.15, 0.2) is 0 Å². The average Bonchev–Trinajstić information content (AvgIpc) is 2.75. The number of aliphatic hydroxyl groups excluding tert-OH is 1. The van der Waals surface area contributed by atoms with Crippen LogP contribution in [0.25, 0.3) is 5.69 Å². The number of aromatic nitrogens is 2. The minimum absolute atomic E-state index is 0.0721. The van der Waals surface area contributed by atoms with Crippen molar-refractivity contribution in [3.05, 3.63) is 51.7 Å². The fourth-order valence-electron chi connectivity index (χ4n) is 2.14. The van der Waals surface area contributed by atoms with Crippen LogP contribution in [0.4, 0.5) is 4.39 Å². The number of aliphatic imine (C=N–C) groups is 1. The predicted molar refractivity (Wildman–Crippen MR) is 79.9 cm³/mol. The number of hydrogen-bond donors (Lipinski definition) is 2. The van der Waals surface area contributed by atoms with Crippen molar-refractivity contribution in [2.45, 2.75) is 20.3 Å². The van der Waals surface area contributed by atoms with E-state index in [2.05, 4.69) is 10.1 Å². The number of nitrogens with zero attached hydrogens (tertiary/aromatic N) is 2. The first-order valence-electron chi connectivity index (χ1n) is 6.74. The summed E-state index contributed by atoms with van der Waals surface area (Å²) in [4.78, 5) is 16.7. The maximum absolute atomic E-state index is 13.0. The summed E-state index contributed by atoms with van der Waals surface area (Å²) in [7, 11) is 0. The second kappa shape index (κ2) is 6.49. The highest BCUT2D eigenvalue weighted by Gasteiger charge is 2.14. The second-order valence-corrected chi connectivity index (χ2v) is 4.77. The molecule has 2 N–H and O–H groups in total. The van der Waals surface area contributed by atoms with E-state index in [0.717, 1.165) is 0 Å². The van der Waals surface area contributed by atoms with Crippen molar-refractivity contribution < 1.29 is 9.50 Å². The molecule has 1 heterocycles. The molecule has 0 radical (unpaired) electrons. The normalized spacial score (nSPS) is 11.9. The number of aryl methyl sites for hydroxylation is 1. The van der Waals surface area contributed by atoms with Crippen LogP contribution in [0.15, 0.2) is 34.1 Å². The fourth-order valence-corrected chi connectivity index (χ4v) is 2.14. The van der Waals surface area contributed by atoms with Crippen LogP contribution in [0.5, 0.6) is 0 Å². The molecule has 2 aromatic rings. The monoisotopic (exact) mass is 291 g/mol. The Bertz CT molecular complexity index is 699. The van der Waals surface area contributed by atoms with Crippen LogP contribution in [0, 0.1) is 12.7 Å². The van der Waals surface area contributed by atoms with E-state index in [-0.39, 0.29) is 18.0 Å². The van der Waals surface area contributed by atoms with Gasteiger partial charge in [-0.3, -0.25) is 14.9 Å². The van der Waals surface area contributed by atoms with Crippen molar-refractivity contribution in [1.29, 1.82) is 0 Å². The summed E-state index contributed by atoms with van der Waals surface area (Å²) in [5.74, 6) is -0.350. The zero-order valence-electron chi connectivity index (χ0n) is 12.1. The van der Waals surface area contributed by atoms with Crippen LogP contribution in [0.1, 0.15) is 24.6 Å². The highest BCUT2D eigenvalue weighted by atomic mass is 19.1. The Labute approximate surface area is 121 Å². The number of benzene rings is 1. The van der Waals surface area contributed by atoms with Crippen LogP contribution in [-0.4, -0.2) is 33.8 Å². The van der Waals surface area contributed by atoms with Crippen LogP contribution >= 0.6 is 0 Å². The highest BCUT2D eigenvalue weighted by molar-refractivity contribution is 5.99. The zero-order chi connectivity index (χ0) is 15.4. The molecule has 0 saturated heterocycles. The number of rotatable bonds is 5. The van der Waals surface area contributed by atoms with Crippen LogP contribution in [0.3, 0.4) is 0 Å². The summed E-state index contributed by atoms with van der Waals surface area (Å²) in [5, 5.41) is 11.7. The maximum Gasteiger partial charge on any atom is 0.280 e. The summed E-state index contributed by atoms with van der Waals surface area (Å²) in [6.07, 6.45) is 0.562. The van der Waals surface area contributed by atoms with Crippen molar-refractivity contribution in [2.24, 2.45) is 4.99 Å². The van der Waals surface area contributed by atoms with E-state index in [4.69, 9.17) is 5.11 Å². The fraction of sp³-hybridized carbons (Fsp3) is 0.333. The SMILES string of the molecule is CC(=NCCCO)c1c(C)[nH]n(-c2ccc(F)cc2)c1=O. The standard InChI is InChI=1S/C15H18FN3O2/c1-10(17-8-3-9-20)14-11(2)18-19(15(14)21)13-6-4-12(16)5-7-13/h4-7,18,20H,3,8-9H2,1-2H3. The average molecular weight is 291 g/mol. The van der Waals surface area contributed by atoms with Gasteiger partial charge in [-0.15, -0.1) is 0 Å². The number of aromatic amines is 1. The molecule has 0 unspecified atom stereocenters. The van der Waals surface area contributed by atoms with Crippen LogP contribution in [0.2, 0.25) is 0 Å². The Morgan fingerprint density at radius 2 is 2.05 bits per heavy atom. The van der Waals surface area contributed by atoms with Crippen molar-refractivity contribution in [3.8, 4) is 5.69 Å². The Kier molecular flexibility index (Phi) is 4.70.